The van der Waals surface area contributed by atoms with Crippen LogP contribution in [0.1, 0.15) is 11.6 Å². The van der Waals surface area contributed by atoms with Gasteiger partial charge >= 0.3 is 0 Å². The van der Waals surface area contributed by atoms with E-state index >= 15 is 0 Å². The van der Waals surface area contributed by atoms with Crippen molar-refractivity contribution in [1.82, 2.24) is 0 Å². The van der Waals surface area contributed by atoms with Gasteiger partial charge in [0.1, 0.15) is 17.4 Å². The highest BCUT2D eigenvalue weighted by Gasteiger charge is 2.60. The van der Waals surface area contributed by atoms with Crippen LogP contribution in [0.2, 0.25) is 0 Å². The minimum atomic E-state index is -0.962. The topological polar surface area (TPSA) is 79.3 Å². The van der Waals surface area contributed by atoms with E-state index in [2.05, 4.69) is 0 Å². The molecule has 0 spiro atoms. The van der Waals surface area contributed by atoms with Crippen LogP contribution in [-0.4, -0.2) is 30.1 Å². The average molecular weight is 416 g/mol. The zero-order chi connectivity index (χ0) is 21.5. The molecule has 2 fully saturated rings. The van der Waals surface area contributed by atoms with Gasteiger partial charge in [0.25, 0.3) is 5.91 Å². The minimum absolute atomic E-state index is 0.120. The standard InChI is InChI=1S/C24H20N2O5/c1-30-19-10-6-5-9-18(19)25-23(28)20-21(15-11-13-17(27)14-12-15)26(31-22(20)24(25)29)16-7-3-2-4-8-16/h2-14,20-22,27H,1H3/t20-,21+,22+/m1/s1. The van der Waals surface area contributed by atoms with Crippen molar-refractivity contribution in [3.8, 4) is 11.5 Å². The Morgan fingerprint density at radius 1 is 0.871 bits per heavy atom. The summed E-state index contributed by atoms with van der Waals surface area (Å²) in [6.45, 7) is 0. The van der Waals surface area contributed by atoms with E-state index in [0.717, 1.165) is 16.2 Å². The predicted octanol–water partition coefficient (Wildman–Crippen LogP) is 3.45. The molecule has 0 bridgehead atoms. The zero-order valence-corrected chi connectivity index (χ0v) is 16.7. The van der Waals surface area contributed by atoms with Gasteiger partial charge in [0, 0.05) is 0 Å². The number of imide groups is 1. The second kappa shape index (κ2) is 7.45. The van der Waals surface area contributed by atoms with Crippen molar-refractivity contribution in [3.63, 3.8) is 0 Å². The van der Waals surface area contributed by atoms with Crippen molar-refractivity contribution in [3.05, 3.63) is 84.4 Å². The Morgan fingerprint density at radius 2 is 1.55 bits per heavy atom. The van der Waals surface area contributed by atoms with Gasteiger partial charge in [0.05, 0.1) is 24.5 Å². The van der Waals surface area contributed by atoms with E-state index in [1.807, 2.05) is 30.3 Å². The number of hydrogen-bond donors (Lipinski definition) is 1. The number of aromatic hydroxyl groups is 1. The van der Waals surface area contributed by atoms with Gasteiger partial charge in [-0.25, -0.2) is 9.96 Å². The maximum atomic E-state index is 13.6. The first kappa shape index (κ1) is 19.1. The summed E-state index contributed by atoms with van der Waals surface area (Å²) in [5.41, 5.74) is 1.89. The number of rotatable bonds is 4. The van der Waals surface area contributed by atoms with Crippen molar-refractivity contribution in [2.45, 2.75) is 12.1 Å². The van der Waals surface area contributed by atoms with Gasteiger partial charge in [-0.15, -0.1) is 0 Å². The molecule has 1 N–H and O–H groups in total. The largest absolute Gasteiger partial charge is 0.508 e. The van der Waals surface area contributed by atoms with E-state index in [-0.39, 0.29) is 11.7 Å². The fourth-order valence-corrected chi connectivity index (χ4v) is 4.28. The molecule has 2 saturated heterocycles. The molecular weight excluding hydrogens is 396 g/mol. The second-order valence-electron chi connectivity index (χ2n) is 7.43. The summed E-state index contributed by atoms with van der Waals surface area (Å²) in [7, 11) is 1.50. The zero-order valence-electron chi connectivity index (χ0n) is 16.7. The number of ether oxygens (including phenoxy) is 1. The Kier molecular flexibility index (Phi) is 4.60. The maximum Gasteiger partial charge on any atom is 0.266 e. The quantitative estimate of drug-likeness (QED) is 0.657. The summed E-state index contributed by atoms with van der Waals surface area (Å²) in [6, 6.07) is 22.3. The third-order valence-electron chi connectivity index (χ3n) is 5.69. The second-order valence-corrected chi connectivity index (χ2v) is 7.43. The third kappa shape index (κ3) is 3.02. The molecule has 2 aliphatic heterocycles. The number of carbonyl (C=O) groups is 2. The number of phenols is 1. The van der Waals surface area contributed by atoms with Crippen LogP contribution < -0.4 is 14.7 Å². The van der Waals surface area contributed by atoms with Gasteiger partial charge in [0.2, 0.25) is 5.91 Å². The summed E-state index contributed by atoms with van der Waals surface area (Å²) in [4.78, 5) is 34.2. The lowest BCUT2D eigenvalue weighted by Crippen LogP contribution is -2.37. The molecule has 2 amide bonds. The Balaban J connectivity index is 1.60. The molecule has 7 nitrogen and oxygen atoms in total. The molecular formula is C24H20N2O5. The molecule has 0 unspecified atom stereocenters. The number of hydroxylamine groups is 1. The fourth-order valence-electron chi connectivity index (χ4n) is 4.28. The molecule has 2 heterocycles. The monoisotopic (exact) mass is 416 g/mol. The number of hydrogen-bond acceptors (Lipinski definition) is 6. The van der Waals surface area contributed by atoms with E-state index in [4.69, 9.17) is 9.57 Å². The van der Waals surface area contributed by atoms with Gasteiger partial charge in [-0.05, 0) is 42.0 Å². The van der Waals surface area contributed by atoms with Gasteiger partial charge in [-0.3, -0.25) is 14.4 Å². The highest BCUT2D eigenvalue weighted by molar-refractivity contribution is 6.24. The normalized spacial score (nSPS) is 22.7. The first-order valence-electron chi connectivity index (χ1n) is 9.91. The summed E-state index contributed by atoms with van der Waals surface area (Å²) >= 11 is 0. The highest BCUT2D eigenvalue weighted by Crippen LogP contribution is 2.48. The SMILES string of the molecule is COc1ccccc1N1C(=O)[C@H]2[C@H](ON(c3ccccc3)[C@H]2c2ccc(O)cc2)C1=O. The predicted molar refractivity (Wildman–Crippen MR) is 114 cm³/mol. The number of para-hydroxylation sites is 3. The van der Waals surface area contributed by atoms with Gasteiger partial charge in [0.15, 0.2) is 6.10 Å². The number of methoxy groups -OCH3 is 1. The third-order valence-corrected chi connectivity index (χ3v) is 5.69. The van der Waals surface area contributed by atoms with Crippen molar-refractivity contribution >= 4 is 23.2 Å². The number of phenolic OH excluding ortho intramolecular Hbond substituents is 1. The van der Waals surface area contributed by atoms with Gasteiger partial charge in [-0.1, -0.05) is 42.5 Å². The van der Waals surface area contributed by atoms with E-state index < -0.39 is 24.0 Å². The Labute approximate surface area is 179 Å². The van der Waals surface area contributed by atoms with Crippen molar-refractivity contribution < 1.29 is 24.3 Å². The number of amides is 2. The number of nitrogens with zero attached hydrogens (tertiary/aromatic N) is 2. The van der Waals surface area contributed by atoms with Crippen LogP contribution in [0.3, 0.4) is 0 Å². The van der Waals surface area contributed by atoms with Crippen molar-refractivity contribution in [1.29, 1.82) is 0 Å². The average Bonchev–Trinajstić information content (AvgIpc) is 3.31. The van der Waals surface area contributed by atoms with Crippen molar-refractivity contribution in [2.75, 3.05) is 17.1 Å². The van der Waals surface area contributed by atoms with E-state index in [1.54, 1.807) is 53.6 Å². The summed E-state index contributed by atoms with van der Waals surface area (Å²) in [6.07, 6.45) is -0.962. The minimum Gasteiger partial charge on any atom is -0.508 e. The summed E-state index contributed by atoms with van der Waals surface area (Å²) < 4.78 is 5.37. The molecule has 7 heteroatoms. The first-order valence-corrected chi connectivity index (χ1v) is 9.91. The molecule has 5 rings (SSSR count). The lowest BCUT2D eigenvalue weighted by Gasteiger charge is -2.29. The molecule has 2 aliphatic rings. The van der Waals surface area contributed by atoms with Gasteiger partial charge < -0.3 is 9.84 Å². The number of anilines is 2. The number of carbonyl (C=O) groups excluding carboxylic acids is 2. The molecule has 31 heavy (non-hydrogen) atoms. The fraction of sp³-hybridized carbons (Fsp3) is 0.167. The smallest absolute Gasteiger partial charge is 0.266 e. The molecule has 0 aromatic heterocycles. The molecule has 3 aromatic carbocycles. The summed E-state index contributed by atoms with van der Waals surface area (Å²) in [5.74, 6) is -0.972. The molecule has 156 valence electrons. The van der Waals surface area contributed by atoms with Crippen LogP contribution in [0, 0.1) is 5.92 Å². The molecule has 0 aliphatic carbocycles. The first-order chi connectivity index (χ1) is 15.1. The molecule has 3 aromatic rings. The van der Waals surface area contributed by atoms with Crippen LogP contribution in [0.15, 0.2) is 78.9 Å². The van der Waals surface area contributed by atoms with Crippen molar-refractivity contribution in [2.24, 2.45) is 5.92 Å². The summed E-state index contributed by atoms with van der Waals surface area (Å²) in [5, 5.41) is 11.3. The van der Waals surface area contributed by atoms with Crippen LogP contribution in [0.25, 0.3) is 0 Å². The molecule has 3 atom stereocenters. The lowest BCUT2D eigenvalue weighted by atomic mass is 9.90. The Bertz CT molecular complexity index is 1130. The molecule has 0 radical (unpaired) electrons. The number of benzene rings is 3. The molecule has 0 saturated carbocycles. The van der Waals surface area contributed by atoms with E-state index in [9.17, 15) is 14.7 Å². The maximum absolute atomic E-state index is 13.6. The van der Waals surface area contributed by atoms with Crippen LogP contribution in [-0.2, 0) is 14.4 Å². The Hall–Kier alpha value is -3.84. The van der Waals surface area contributed by atoms with Crippen LogP contribution in [0.4, 0.5) is 11.4 Å². The van der Waals surface area contributed by atoms with E-state index in [0.29, 0.717) is 11.4 Å². The van der Waals surface area contributed by atoms with Crippen LogP contribution >= 0.6 is 0 Å². The highest BCUT2D eigenvalue weighted by atomic mass is 16.7. The Morgan fingerprint density at radius 3 is 2.26 bits per heavy atom. The van der Waals surface area contributed by atoms with Gasteiger partial charge in [-0.2, -0.15) is 0 Å². The number of fused-ring (bicyclic) bond motifs is 1. The van der Waals surface area contributed by atoms with Crippen LogP contribution in [0.5, 0.6) is 11.5 Å². The van der Waals surface area contributed by atoms with E-state index in [1.165, 1.54) is 7.11 Å². The lowest BCUT2D eigenvalue weighted by molar-refractivity contribution is -0.126.